The lowest BCUT2D eigenvalue weighted by Gasteiger charge is -2.29. The Balaban J connectivity index is 2.37. The van der Waals surface area contributed by atoms with E-state index in [-0.39, 0.29) is 17.9 Å². The molecule has 0 aliphatic heterocycles. The van der Waals surface area contributed by atoms with E-state index in [0.717, 1.165) is 5.56 Å². The summed E-state index contributed by atoms with van der Waals surface area (Å²) in [6.45, 7) is 5.59. The first-order chi connectivity index (χ1) is 9.32. The number of aryl methyl sites for hydroxylation is 1. The monoisotopic (exact) mass is 283 g/mol. The van der Waals surface area contributed by atoms with Crippen LogP contribution in [-0.4, -0.2) is 34.9 Å². The molecule has 5 heteroatoms. The van der Waals surface area contributed by atoms with Crippen molar-refractivity contribution in [3.63, 3.8) is 0 Å². The quantitative estimate of drug-likeness (QED) is 0.708. The number of carbonyl (C=O) groups excluding carboxylic acids is 1. The molecule has 2 unspecified atom stereocenters. The maximum absolute atomic E-state index is 11.8. The van der Waals surface area contributed by atoms with Crippen LogP contribution in [0.2, 0.25) is 0 Å². The van der Waals surface area contributed by atoms with E-state index in [1.54, 1.807) is 12.5 Å². The van der Waals surface area contributed by atoms with E-state index >= 15 is 0 Å². The fourth-order valence-corrected chi connectivity index (χ4v) is 1.79. The smallest absolute Gasteiger partial charge is 0.220 e. The Labute approximate surface area is 120 Å². The summed E-state index contributed by atoms with van der Waals surface area (Å²) in [6, 6.07) is 1.40. The van der Waals surface area contributed by atoms with Crippen molar-refractivity contribution in [2.24, 2.45) is 5.41 Å². The SMILES string of the molecule is CC(C)(C)C(O)CC(CO)NC(=O)CCc1ccoc1. The summed E-state index contributed by atoms with van der Waals surface area (Å²) >= 11 is 0. The Morgan fingerprint density at radius 1 is 1.45 bits per heavy atom. The zero-order valence-electron chi connectivity index (χ0n) is 12.4. The highest BCUT2D eigenvalue weighted by atomic mass is 16.3. The topological polar surface area (TPSA) is 82.7 Å². The maximum Gasteiger partial charge on any atom is 0.220 e. The molecule has 0 saturated heterocycles. The van der Waals surface area contributed by atoms with Gasteiger partial charge in [0.15, 0.2) is 0 Å². The molecule has 0 spiro atoms. The van der Waals surface area contributed by atoms with Crippen molar-refractivity contribution in [2.75, 3.05) is 6.61 Å². The molecule has 0 radical (unpaired) electrons. The van der Waals surface area contributed by atoms with Crippen molar-refractivity contribution >= 4 is 5.91 Å². The molecular weight excluding hydrogens is 258 g/mol. The summed E-state index contributed by atoms with van der Waals surface area (Å²) in [7, 11) is 0. The number of hydrogen-bond acceptors (Lipinski definition) is 4. The average molecular weight is 283 g/mol. The lowest BCUT2D eigenvalue weighted by Crippen LogP contribution is -2.42. The summed E-state index contributed by atoms with van der Waals surface area (Å²) < 4.78 is 4.93. The maximum atomic E-state index is 11.8. The number of amides is 1. The average Bonchev–Trinajstić information content (AvgIpc) is 2.87. The van der Waals surface area contributed by atoms with Gasteiger partial charge in [-0.25, -0.2) is 0 Å². The van der Waals surface area contributed by atoms with Gasteiger partial charge in [0.25, 0.3) is 0 Å². The van der Waals surface area contributed by atoms with Gasteiger partial charge in [-0.15, -0.1) is 0 Å². The normalized spacial score (nSPS) is 14.8. The summed E-state index contributed by atoms with van der Waals surface area (Å²) in [5.41, 5.74) is 0.699. The highest BCUT2D eigenvalue weighted by molar-refractivity contribution is 5.76. The third-order valence-electron chi connectivity index (χ3n) is 3.31. The predicted molar refractivity (Wildman–Crippen MR) is 76.1 cm³/mol. The third-order valence-corrected chi connectivity index (χ3v) is 3.31. The molecule has 1 aromatic heterocycles. The van der Waals surface area contributed by atoms with Gasteiger partial charge in [0.05, 0.1) is 31.3 Å². The Bertz CT molecular complexity index is 395. The molecule has 1 amide bonds. The highest BCUT2D eigenvalue weighted by Crippen LogP contribution is 2.22. The summed E-state index contributed by atoms with van der Waals surface area (Å²) in [5, 5.41) is 22.1. The molecule has 2 atom stereocenters. The Morgan fingerprint density at radius 2 is 2.15 bits per heavy atom. The largest absolute Gasteiger partial charge is 0.472 e. The predicted octanol–water partition coefficient (Wildman–Crippen LogP) is 1.49. The zero-order chi connectivity index (χ0) is 15.2. The van der Waals surface area contributed by atoms with Crippen molar-refractivity contribution in [1.29, 1.82) is 0 Å². The van der Waals surface area contributed by atoms with Gasteiger partial charge in [-0.05, 0) is 29.9 Å². The molecule has 1 rings (SSSR count). The van der Waals surface area contributed by atoms with Gasteiger partial charge in [-0.3, -0.25) is 4.79 Å². The lowest BCUT2D eigenvalue weighted by molar-refractivity contribution is -0.122. The Morgan fingerprint density at radius 3 is 2.65 bits per heavy atom. The number of furan rings is 1. The second-order valence-corrected chi connectivity index (χ2v) is 6.20. The first kappa shape index (κ1) is 16.7. The molecule has 20 heavy (non-hydrogen) atoms. The highest BCUT2D eigenvalue weighted by Gasteiger charge is 2.25. The molecule has 114 valence electrons. The van der Waals surface area contributed by atoms with Crippen molar-refractivity contribution in [2.45, 2.75) is 52.2 Å². The van der Waals surface area contributed by atoms with E-state index in [1.165, 1.54) is 0 Å². The second kappa shape index (κ2) is 7.45. The Hall–Kier alpha value is -1.33. The molecule has 0 saturated carbocycles. The van der Waals surface area contributed by atoms with Crippen LogP contribution in [0.4, 0.5) is 0 Å². The molecule has 0 fully saturated rings. The van der Waals surface area contributed by atoms with E-state index in [1.807, 2.05) is 26.8 Å². The fraction of sp³-hybridized carbons (Fsp3) is 0.667. The summed E-state index contributed by atoms with van der Waals surface area (Å²) in [4.78, 5) is 11.8. The fourth-order valence-electron chi connectivity index (χ4n) is 1.79. The Kier molecular flexibility index (Phi) is 6.23. The van der Waals surface area contributed by atoms with E-state index in [0.29, 0.717) is 19.3 Å². The van der Waals surface area contributed by atoms with Crippen LogP contribution >= 0.6 is 0 Å². The first-order valence-corrected chi connectivity index (χ1v) is 6.92. The van der Waals surface area contributed by atoms with Crippen LogP contribution in [0.15, 0.2) is 23.0 Å². The summed E-state index contributed by atoms with van der Waals surface area (Å²) in [6.07, 6.45) is 3.89. The molecule has 0 aromatic carbocycles. The number of rotatable bonds is 7. The van der Waals surface area contributed by atoms with Crippen LogP contribution in [-0.2, 0) is 11.2 Å². The van der Waals surface area contributed by atoms with E-state index < -0.39 is 12.1 Å². The van der Waals surface area contributed by atoms with Gasteiger partial charge in [0.1, 0.15) is 0 Å². The van der Waals surface area contributed by atoms with E-state index in [9.17, 15) is 15.0 Å². The van der Waals surface area contributed by atoms with Crippen LogP contribution < -0.4 is 5.32 Å². The van der Waals surface area contributed by atoms with E-state index in [4.69, 9.17) is 4.42 Å². The number of aliphatic hydroxyl groups is 2. The van der Waals surface area contributed by atoms with Crippen molar-refractivity contribution in [1.82, 2.24) is 5.32 Å². The van der Waals surface area contributed by atoms with Crippen LogP contribution in [0.5, 0.6) is 0 Å². The lowest BCUT2D eigenvalue weighted by atomic mass is 9.85. The standard InChI is InChI=1S/C15H25NO4/c1-15(2,3)13(18)8-12(9-17)16-14(19)5-4-11-6-7-20-10-11/h6-7,10,12-13,17-18H,4-5,8-9H2,1-3H3,(H,16,19). The summed E-state index contributed by atoms with van der Waals surface area (Å²) in [5.74, 6) is -0.133. The minimum atomic E-state index is -0.575. The van der Waals surface area contributed by atoms with Crippen molar-refractivity contribution < 1.29 is 19.4 Å². The van der Waals surface area contributed by atoms with Gasteiger partial charge in [-0.2, -0.15) is 0 Å². The molecule has 1 heterocycles. The number of aliphatic hydroxyl groups excluding tert-OH is 2. The van der Waals surface area contributed by atoms with Crippen LogP contribution in [0.1, 0.15) is 39.2 Å². The molecule has 0 bridgehead atoms. The van der Waals surface area contributed by atoms with Gasteiger partial charge >= 0.3 is 0 Å². The van der Waals surface area contributed by atoms with Gasteiger partial charge in [0.2, 0.25) is 5.91 Å². The number of carbonyl (C=O) groups is 1. The molecule has 0 aliphatic carbocycles. The van der Waals surface area contributed by atoms with Gasteiger partial charge < -0.3 is 19.9 Å². The molecular formula is C15H25NO4. The molecule has 1 aromatic rings. The third kappa shape index (κ3) is 5.75. The van der Waals surface area contributed by atoms with Gasteiger partial charge in [-0.1, -0.05) is 20.8 Å². The molecule has 3 N–H and O–H groups in total. The van der Waals surface area contributed by atoms with E-state index in [2.05, 4.69) is 5.32 Å². The van der Waals surface area contributed by atoms with Crippen molar-refractivity contribution in [3.05, 3.63) is 24.2 Å². The second-order valence-electron chi connectivity index (χ2n) is 6.20. The molecule has 5 nitrogen and oxygen atoms in total. The van der Waals surface area contributed by atoms with Crippen LogP contribution in [0, 0.1) is 5.41 Å². The van der Waals surface area contributed by atoms with Crippen molar-refractivity contribution in [3.8, 4) is 0 Å². The first-order valence-electron chi connectivity index (χ1n) is 6.92. The van der Waals surface area contributed by atoms with Crippen LogP contribution in [0.3, 0.4) is 0 Å². The van der Waals surface area contributed by atoms with Gasteiger partial charge in [0, 0.05) is 6.42 Å². The minimum Gasteiger partial charge on any atom is -0.472 e. The number of hydrogen-bond donors (Lipinski definition) is 3. The molecule has 0 aliphatic rings. The minimum absolute atomic E-state index is 0.133. The number of nitrogens with one attached hydrogen (secondary N) is 1. The zero-order valence-corrected chi connectivity index (χ0v) is 12.4. The van der Waals surface area contributed by atoms with Crippen LogP contribution in [0.25, 0.3) is 0 Å².